The van der Waals surface area contributed by atoms with Gasteiger partial charge in [-0.05, 0) is 35.9 Å². The van der Waals surface area contributed by atoms with Crippen LogP contribution in [0.2, 0.25) is 10.0 Å². The Morgan fingerprint density at radius 2 is 2.00 bits per heavy atom. The van der Waals surface area contributed by atoms with Gasteiger partial charge in [-0.3, -0.25) is 9.69 Å². The van der Waals surface area contributed by atoms with Crippen LogP contribution in [0.15, 0.2) is 30.3 Å². The first kappa shape index (κ1) is 19.0. The third-order valence-electron chi connectivity index (χ3n) is 4.47. The van der Waals surface area contributed by atoms with E-state index in [1.54, 1.807) is 6.07 Å². The van der Waals surface area contributed by atoms with Gasteiger partial charge in [0.25, 0.3) is 0 Å². The summed E-state index contributed by atoms with van der Waals surface area (Å²) < 4.78 is 38.7. The van der Waals surface area contributed by atoms with Crippen molar-refractivity contribution in [2.75, 3.05) is 11.9 Å². The number of rotatable bonds is 3. The Hall–Kier alpha value is -2.29. The third-order valence-corrected chi connectivity index (χ3v) is 5.01. The van der Waals surface area contributed by atoms with Crippen LogP contribution in [-0.4, -0.2) is 27.3 Å². The van der Waals surface area contributed by atoms with Gasteiger partial charge >= 0.3 is 6.18 Å². The first-order valence-corrected chi connectivity index (χ1v) is 9.01. The topological polar surface area (TPSA) is 61.0 Å². The van der Waals surface area contributed by atoms with Crippen molar-refractivity contribution in [1.29, 1.82) is 0 Å². The van der Waals surface area contributed by atoms with Crippen molar-refractivity contribution in [3.8, 4) is 0 Å². The number of nitrogens with one attached hydrogen (secondary N) is 2. The molecule has 0 saturated carbocycles. The molecule has 5 nitrogen and oxygen atoms in total. The first-order chi connectivity index (χ1) is 13.2. The fraction of sp³-hybridized carbons (Fsp3) is 0.222. The van der Waals surface area contributed by atoms with Crippen LogP contribution in [0.1, 0.15) is 17.0 Å². The molecule has 0 spiro atoms. The summed E-state index contributed by atoms with van der Waals surface area (Å²) >= 11 is 11.6. The predicted octanol–water partition coefficient (Wildman–Crippen LogP) is 4.84. The molecule has 0 bridgehead atoms. The average Bonchev–Trinajstić information content (AvgIpc) is 3.13. The lowest BCUT2D eigenvalue weighted by atomic mass is 10.1. The molecule has 3 aromatic rings. The van der Waals surface area contributed by atoms with Gasteiger partial charge in [-0.15, -0.1) is 0 Å². The lowest BCUT2D eigenvalue weighted by molar-refractivity contribution is -0.141. The molecule has 10 heteroatoms. The van der Waals surface area contributed by atoms with Crippen LogP contribution in [0, 0.1) is 0 Å². The van der Waals surface area contributed by atoms with E-state index >= 15 is 0 Å². The first-order valence-electron chi connectivity index (χ1n) is 8.25. The summed E-state index contributed by atoms with van der Waals surface area (Å²) in [6, 6.07) is 7.86. The number of pyridine rings is 1. The molecule has 2 aromatic heterocycles. The summed E-state index contributed by atoms with van der Waals surface area (Å²) in [5, 5.41) is 3.50. The second-order valence-corrected chi connectivity index (χ2v) is 7.33. The molecule has 1 aliphatic heterocycles. The molecule has 0 saturated heterocycles. The lowest BCUT2D eigenvalue weighted by Crippen LogP contribution is -2.30. The van der Waals surface area contributed by atoms with Crippen LogP contribution in [0.25, 0.3) is 10.9 Å². The van der Waals surface area contributed by atoms with Crippen molar-refractivity contribution >= 4 is 45.8 Å². The molecule has 28 heavy (non-hydrogen) atoms. The molecule has 1 aliphatic rings. The largest absolute Gasteiger partial charge is 0.434 e. The summed E-state index contributed by atoms with van der Waals surface area (Å²) in [5.74, 6) is -0.660. The second kappa shape index (κ2) is 6.95. The zero-order chi connectivity index (χ0) is 20.1. The van der Waals surface area contributed by atoms with E-state index in [4.69, 9.17) is 23.2 Å². The normalized spacial score (nSPS) is 14.5. The van der Waals surface area contributed by atoms with Crippen LogP contribution in [0.3, 0.4) is 0 Å². The zero-order valence-electron chi connectivity index (χ0n) is 14.2. The highest BCUT2D eigenvalue weighted by atomic mass is 35.5. The van der Waals surface area contributed by atoms with Crippen LogP contribution in [-0.2, 0) is 24.1 Å². The number of carbonyl (C=O) groups excluding carboxylic acids is 1. The van der Waals surface area contributed by atoms with E-state index in [1.165, 1.54) is 6.07 Å². The van der Waals surface area contributed by atoms with Crippen molar-refractivity contribution in [3.63, 3.8) is 0 Å². The molecule has 2 N–H and O–H groups in total. The maximum Gasteiger partial charge on any atom is 0.434 e. The van der Waals surface area contributed by atoms with E-state index in [1.807, 2.05) is 17.0 Å². The van der Waals surface area contributed by atoms with Crippen molar-refractivity contribution in [2.45, 2.75) is 19.3 Å². The number of alkyl halides is 3. The Bertz CT molecular complexity index is 1080. The van der Waals surface area contributed by atoms with Crippen LogP contribution in [0.5, 0.6) is 0 Å². The van der Waals surface area contributed by atoms with Gasteiger partial charge in [0, 0.05) is 34.7 Å². The predicted molar refractivity (Wildman–Crippen MR) is 100 cm³/mol. The van der Waals surface area contributed by atoms with Gasteiger partial charge < -0.3 is 10.3 Å². The van der Waals surface area contributed by atoms with Gasteiger partial charge in [0.2, 0.25) is 5.91 Å². The van der Waals surface area contributed by atoms with Crippen molar-refractivity contribution in [3.05, 3.63) is 57.3 Å². The van der Waals surface area contributed by atoms with Crippen molar-refractivity contribution in [2.24, 2.45) is 0 Å². The van der Waals surface area contributed by atoms with Gasteiger partial charge in [-0.25, -0.2) is 4.98 Å². The molecule has 3 heterocycles. The molecule has 146 valence electrons. The Labute approximate surface area is 167 Å². The van der Waals surface area contributed by atoms with E-state index in [-0.39, 0.29) is 12.4 Å². The summed E-state index contributed by atoms with van der Waals surface area (Å²) in [5.41, 5.74) is 1.80. The van der Waals surface area contributed by atoms with Gasteiger partial charge in [0.05, 0.1) is 11.6 Å². The quantitative estimate of drug-likeness (QED) is 0.627. The van der Waals surface area contributed by atoms with Gasteiger partial charge in [0.1, 0.15) is 5.82 Å². The number of anilines is 1. The maximum atomic E-state index is 12.9. The summed E-state index contributed by atoms with van der Waals surface area (Å²) in [6.45, 7) is 1.07. The Morgan fingerprint density at radius 1 is 1.21 bits per heavy atom. The van der Waals surface area contributed by atoms with Gasteiger partial charge in [0.15, 0.2) is 5.69 Å². The van der Waals surface area contributed by atoms with Crippen molar-refractivity contribution in [1.82, 2.24) is 14.9 Å². The molecular formula is C18H13Cl2F3N4O. The molecule has 0 radical (unpaired) electrons. The highest BCUT2D eigenvalue weighted by molar-refractivity contribution is 6.31. The fourth-order valence-corrected chi connectivity index (χ4v) is 3.69. The van der Waals surface area contributed by atoms with E-state index in [2.05, 4.69) is 15.3 Å². The van der Waals surface area contributed by atoms with E-state index in [0.29, 0.717) is 18.1 Å². The van der Waals surface area contributed by atoms with Crippen LogP contribution in [0.4, 0.5) is 19.0 Å². The number of aromatic amines is 1. The number of fused-ring (bicyclic) bond motifs is 3. The minimum absolute atomic E-state index is 0.0102. The molecular weight excluding hydrogens is 416 g/mol. The molecule has 0 aliphatic carbocycles. The monoisotopic (exact) mass is 428 g/mol. The van der Waals surface area contributed by atoms with Gasteiger partial charge in [-0.1, -0.05) is 23.2 Å². The van der Waals surface area contributed by atoms with E-state index in [9.17, 15) is 18.0 Å². The number of hydrogen-bond donors (Lipinski definition) is 2. The number of halogens is 5. The Kier molecular flexibility index (Phi) is 4.73. The molecule has 1 aromatic carbocycles. The Morgan fingerprint density at radius 3 is 2.75 bits per heavy atom. The van der Waals surface area contributed by atoms with Crippen molar-refractivity contribution < 1.29 is 18.0 Å². The maximum absolute atomic E-state index is 12.9. The second-order valence-electron chi connectivity index (χ2n) is 6.49. The van der Waals surface area contributed by atoms with E-state index < -0.39 is 22.8 Å². The minimum Gasteiger partial charge on any atom is -0.357 e. The number of hydrogen-bond acceptors (Lipinski definition) is 3. The molecule has 4 rings (SSSR count). The Balaban J connectivity index is 1.44. The summed E-state index contributed by atoms with van der Waals surface area (Å²) in [4.78, 5) is 20.9. The van der Waals surface area contributed by atoms with E-state index in [0.717, 1.165) is 28.2 Å². The molecule has 0 fully saturated rings. The number of benzene rings is 1. The van der Waals surface area contributed by atoms with Crippen LogP contribution < -0.4 is 5.32 Å². The smallest absolute Gasteiger partial charge is 0.357 e. The molecule has 0 atom stereocenters. The fourth-order valence-electron chi connectivity index (χ4n) is 3.30. The molecule has 1 amide bonds. The standard InChI is InChI=1S/C18H13Cl2F3N4O/c19-9-1-3-13-10(5-9)11-6-27(7-14(11)24-13)8-16(28)25-15-4-2-12(20)17(26-15)18(21,22)23/h1-5,24H,6-8H2,(H,25,26,28). The average molecular weight is 429 g/mol. The minimum atomic E-state index is -4.70. The highest BCUT2D eigenvalue weighted by Gasteiger charge is 2.35. The third kappa shape index (κ3) is 3.67. The number of H-pyrrole nitrogens is 1. The zero-order valence-corrected chi connectivity index (χ0v) is 15.7. The number of amides is 1. The number of nitrogens with zero attached hydrogens (tertiary/aromatic N) is 2. The summed E-state index contributed by atoms with van der Waals surface area (Å²) in [6.07, 6.45) is -4.70. The number of carbonyl (C=O) groups is 1. The number of aromatic nitrogens is 2. The SMILES string of the molecule is O=C(CN1Cc2[nH]c3ccc(Cl)cc3c2C1)Nc1ccc(Cl)c(C(F)(F)F)n1. The van der Waals surface area contributed by atoms with Crippen LogP contribution >= 0.6 is 23.2 Å². The van der Waals surface area contributed by atoms with Gasteiger partial charge in [-0.2, -0.15) is 13.2 Å². The highest BCUT2D eigenvalue weighted by Crippen LogP contribution is 2.34. The lowest BCUT2D eigenvalue weighted by Gasteiger charge is -2.15. The molecule has 0 unspecified atom stereocenters. The summed E-state index contributed by atoms with van der Waals surface area (Å²) in [7, 11) is 0.